The van der Waals surface area contributed by atoms with E-state index in [4.69, 9.17) is 5.73 Å². The molecule has 1 heterocycles. The molecule has 5 N–H and O–H groups in total. The van der Waals surface area contributed by atoms with Crippen LogP contribution in [-0.2, 0) is 23.9 Å². The fourth-order valence-electron chi connectivity index (χ4n) is 6.46. The van der Waals surface area contributed by atoms with Crippen LogP contribution < -0.4 is 21.7 Å². The van der Waals surface area contributed by atoms with Crippen molar-refractivity contribution in [3.05, 3.63) is 29.8 Å². The third kappa shape index (κ3) is 15.9. The molecule has 2 bridgehead atoms. The lowest BCUT2D eigenvalue weighted by molar-refractivity contribution is -0.137. The number of piperidine rings is 1. The summed E-state index contributed by atoms with van der Waals surface area (Å²) in [5.74, 6) is -0.348. The van der Waals surface area contributed by atoms with Crippen LogP contribution in [0.5, 0.6) is 0 Å². The molecule has 4 rings (SSSR count). The first kappa shape index (κ1) is 44.4. The second kappa shape index (κ2) is 25.4. The Hall–Kier alpha value is -3.61. The lowest BCUT2D eigenvalue weighted by Crippen LogP contribution is -2.47. The molecule has 0 radical (unpaired) electrons. The van der Waals surface area contributed by atoms with Gasteiger partial charge in [0, 0.05) is 29.1 Å². The molecule has 1 aromatic carbocycles. The Morgan fingerprint density at radius 1 is 0.980 bits per heavy atom. The van der Waals surface area contributed by atoms with Gasteiger partial charge in [-0.1, -0.05) is 52.9 Å². The van der Waals surface area contributed by atoms with Gasteiger partial charge in [0.25, 0.3) is 11.8 Å². The van der Waals surface area contributed by atoms with Crippen molar-refractivity contribution in [2.75, 3.05) is 26.0 Å². The van der Waals surface area contributed by atoms with E-state index < -0.39 is 23.8 Å². The van der Waals surface area contributed by atoms with E-state index >= 15 is 0 Å². The number of nitrogens with zero attached hydrogens (tertiary/aromatic N) is 1. The summed E-state index contributed by atoms with van der Waals surface area (Å²) < 4.78 is 4.65. The maximum absolute atomic E-state index is 12.4. The lowest BCUT2D eigenvalue weighted by atomic mass is 9.91. The van der Waals surface area contributed by atoms with E-state index in [1.807, 2.05) is 37.1 Å². The van der Waals surface area contributed by atoms with Gasteiger partial charge in [-0.3, -0.25) is 24.0 Å². The van der Waals surface area contributed by atoms with Crippen LogP contribution >= 0.6 is 11.8 Å². The van der Waals surface area contributed by atoms with Crippen molar-refractivity contribution in [2.45, 2.75) is 128 Å². The number of nitrogens with one attached hydrogen (secondary N) is 3. The largest absolute Gasteiger partial charge is 0.450 e. The number of thioether (sulfide) groups is 1. The summed E-state index contributed by atoms with van der Waals surface area (Å²) in [5, 5.41) is 7.51. The number of ether oxygens (including phenoxy) is 1. The minimum Gasteiger partial charge on any atom is -0.450 e. The molecular formula is C37H61N5O7S. The van der Waals surface area contributed by atoms with E-state index in [1.54, 1.807) is 30.8 Å². The van der Waals surface area contributed by atoms with E-state index in [9.17, 15) is 28.8 Å². The number of carbonyl (C=O) groups excluding carboxylic acids is 6. The van der Waals surface area contributed by atoms with Crippen LogP contribution in [0.25, 0.3) is 0 Å². The Morgan fingerprint density at radius 2 is 1.64 bits per heavy atom. The number of likely N-dealkylation sites (tertiary alicyclic amines) is 1. The van der Waals surface area contributed by atoms with E-state index in [2.05, 4.69) is 34.5 Å². The Morgan fingerprint density at radius 3 is 2.14 bits per heavy atom. The molecule has 50 heavy (non-hydrogen) atoms. The summed E-state index contributed by atoms with van der Waals surface area (Å²) in [6.45, 7) is 11.0. The zero-order valence-corrected chi connectivity index (χ0v) is 31.8. The van der Waals surface area contributed by atoms with Crippen molar-refractivity contribution in [1.82, 2.24) is 20.9 Å². The first-order valence-electron chi connectivity index (χ1n) is 18.2. The van der Waals surface area contributed by atoms with E-state index in [0.29, 0.717) is 56.0 Å². The summed E-state index contributed by atoms with van der Waals surface area (Å²) in [6, 6.07) is 7.25. The van der Waals surface area contributed by atoms with Crippen LogP contribution in [0, 0.1) is 11.8 Å². The highest BCUT2D eigenvalue weighted by Gasteiger charge is 2.45. The number of hydrogen-bond acceptors (Lipinski definition) is 8. The molecule has 3 fully saturated rings. The number of amides is 5. The van der Waals surface area contributed by atoms with Crippen molar-refractivity contribution >= 4 is 47.8 Å². The molecule has 5 amide bonds. The number of fused-ring (bicyclic) bond motifs is 2. The van der Waals surface area contributed by atoms with Crippen LogP contribution in [0.4, 0.5) is 4.79 Å². The quantitative estimate of drug-likeness (QED) is 0.0875. The molecule has 1 aliphatic heterocycles. The molecule has 12 nitrogen and oxygen atoms in total. The van der Waals surface area contributed by atoms with Crippen molar-refractivity contribution in [3.63, 3.8) is 0 Å². The molecule has 13 heteroatoms. The highest BCUT2D eigenvalue weighted by Crippen LogP contribution is 2.42. The van der Waals surface area contributed by atoms with E-state index in [0.717, 1.165) is 23.7 Å². The normalized spacial score (nSPS) is 19.5. The van der Waals surface area contributed by atoms with Crippen LogP contribution in [-0.4, -0.2) is 85.0 Å². The Labute approximate surface area is 303 Å². The van der Waals surface area contributed by atoms with Crippen LogP contribution in [0.2, 0.25) is 0 Å². The van der Waals surface area contributed by atoms with Gasteiger partial charge in [-0.2, -0.15) is 0 Å². The number of carbonyl (C=O) groups is 6. The average molecular weight is 720 g/mol. The van der Waals surface area contributed by atoms with Gasteiger partial charge in [-0.05, 0) is 94.7 Å². The second-order valence-corrected chi connectivity index (χ2v) is 13.5. The average Bonchev–Trinajstić information content (AvgIpc) is 3.73. The van der Waals surface area contributed by atoms with Crippen molar-refractivity contribution in [3.8, 4) is 0 Å². The minimum atomic E-state index is -1.08. The maximum atomic E-state index is 12.4. The van der Waals surface area contributed by atoms with Crippen molar-refractivity contribution < 1.29 is 33.5 Å². The first-order valence-corrected chi connectivity index (χ1v) is 19.4. The maximum Gasteiger partial charge on any atom is 0.407 e. The molecule has 3 aliphatic rings. The number of hydrogen-bond donors (Lipinski definition) is 4. The standard InChI is InChI=1S/C17H22N2O2S.C11H19N3O5.C7H14.C2H6/c1-11-13-3-6-14(9-13)19(11)16(20)10-18-17(21)12-4-7-15(22-2)8-5-12;1-2-19-11(18)13-6-4-3-5-8(14-7-15)9(16)10(12)17;1-7-5-3-2-4-6-7;1-2/h4-5,7-8,11,13-14H,3,6,9-10H2,1-2H3,(H,18,21);7-8H,2-6H2,1H3,(H2,12,17)(H,13,18)(H,14,15);7H,2-6H2,1H3;1-2H3. The zero-order valence-electron chi connectivity index (χ0n) is 31.0. The number of primary amides is 1. The molecule has 4 atom stereocenters. The highest BCUT2D eigenvalue weighted by atomic mass is 32.2. The second-order valence-electron chi connectivity index (χ2n) is 12.6. The number of ketones is 1. The van der Waals surface area contributed by atoms with E-state index in [1.165, 1.54) is 38.5 Å². The van der Waals surface area contributed by atoms with Gasteiger partial charge < -0.3 is 31.3 Å². The monoisotopic (exact) mass is 719 g/mol. The van der Waals surface area contributed by atoms with E-state index in [-0.39, 0.29) is 24.8 Å². The third-order valence-corrected chi connectivity index (χ3v) is 9.93. The number of Topliss-reactive ketones (excluding diaryl/α,β-unsaturated/α-hetero) is 1. The van der Waals surface area contributed by atoms with Gasteiger partial charge in [0.1, 0.15) is 0 Å². The third-order valence-electron chi connectivity index (χ3n) is 9.19. The summed E-state index contributed by atoms with van der Waals surface area (Å²) in [5.41, 5.74) is 5.45. The van der Waals surface area contributed by atoms with Gasteiger partial charge in [-0.25, -0.2) is 4.79 Å². The number of nitrogens with two attached hydrogens (primary N) is 1. The summed E-state index contributed by atoms with van der Waals surface area (Å²) in [7, 11) is 0. The predicted molar refractivity (Wildman–Crippen MR) is 198 cm³/mol. The molecular weight excluding hydrogens is 659 g/mol. The smallest absolute Gasteiger partial charge is 0.407 e. The fourth-order valence-corrected chi connectivity index (χ4v) is 6.87. The number of unbranched alkanes of at least 4 members (excludes halogenated alkanes) is 1. The van der Waals surface area contributed by atoms with Crippen molar-refractivity contribution in [1.29, 1.82) is 0 Å². The number of benzene rings is 1. The first-order chi connectivity index (χ1) is 24.0. The van der Waals surface area contributed by atoms with Gasteiger partial charge in [0.2, 0.25) is 18.1 Å². The molecule has 1 aromatic rings. The SMILES string of the molecule is CC.CC1CCCCC1.CCOC(=O)NCCCCC(NC=O)C(=O)C(N)=O.CSc1ccc(C(=O)NCC(=O)N2C3CCC(C3)C2C)cc1. The van der Waals surface area contributed by atoms with Crippen LogP contribution in [0.1, 0.15) is 116 Å². The lowest BCUT2D eigenvalue weighted by Gasteiger charge is -2.33. The molecule has 2 saturated carbocycles. The molecule has 1 saturated heterocycles. The zero-order chi connectivity index (χ0) is 37.5. The molecule has 2 aliphatic carbocycles. The van der Waals surface area contributed by atoms with Gasteiger partial charge in [0.05, 0.1) is 19.2 Å². The summed E-state index contributed by atoms with van der Waals surface area (Å²) in [4.78, 5) is 70.9. The van der Waals surface area contributed by atoms with Crippen molar-refractivity contribution in [2.24, 2.45) is 17.6 Å². The number of rotatable bonds is 14. The molecule has 0 aromatic heterocycles. The topological polar surface area (TPSA) is 177 Å². The van der Waals surface area contributed by atoms with Crippen LogP contribution in [0.3, 0.4) is 0 Å². The number of alkyl carbamates (subject to hydrolysis) is 1. The Kier molecular flexibility index (Phi) is 22.5. The molecule has 0 spiro atoms. The summed E-state index contributed by atoms with van der Waals surface area (Å²) in [6.07, 6.45) is 14.2. The van der Waals surface area contributed by atoms with Gasteiger partial charge in [0.15, 0.2) is 0 Å². The van der Waals surface area contributed by atoms with Gasteiger partial charge in [-0.15, -0.1) is 11.8 Å². The van der Waals surface area contributed by atoms with Crippen LogP contribution in [0.15, 0.2) is 29.2 Å². The predicted octanol–water partition coefficient (Wildman–Crippen LogP) is 5.22. The molecule has 4 unspecified atom stereocenters. The summed E-state index contributed by atoms with van der Waals surface area (Å²) >= 11 is 1.64. The minimum absolute atomic E-state index is 0.0498. The van der Waals surface area contributed by atoms with Gasteiger partial charge >= 0.3 is 6.09 Å². The fraction of sp³-hybridized carbons (Fsp3) is 0.676. The Bertz CT molecular complexity index is 1190. The molecule has 282 valence electrons. The highest BCUT2D eigenvalue weighted by molar-refractivity contribution is 7.98. The Balaban J connectivity index is 0.000000405.